The zero-order chi connectivity index (χ0) is 18.0. The first-order valence-electron chi connectivity index (χ1n) is 8.75. The molecule has 1 aromatic rings. The third kappa shape index (κ3) is 3.85. The lowest BCUT2D eigenvalue weighted by atomic mass is 10.0. The van der Waals surface area contributed by atoms with Gasteiger partial charge in [0.15, 0.2) is 0 Å². The average molecular weight is 348 g/mol. The maximum absolute atomic E-state index is 12.5. The fourth-order valence-corrected chi connectivity index (χ4v) is 3.85. The van der Waals surface area contributed by atoms with Crippen LogP contribution in [0.3, 0.4) is 0 Å². The van der Waals surface area contributed by atoms with Gasteiger partial charge in [-0.2, -0.15) is 0 Å². The van der Waals surface area contributed by atoms with Crippen molar-refractivity contribution in [3.8, 4) is 5.88 Å². The number of likely N-dealkylation sites (N-methyl/N-ethyl adjacent to an activating group) is 2. The lowest BCUT2D eigenvalue weighted by molar-refractivity contribution is -0.125. The molecule has 3 atom stereocenters. The van der Waals surface area contributed by atoms with E-state index in [1.807, 2.05) is 20.2 Å². The first kappa shape index (κ1) is 17.9. The number of methoxy groups -OCH3 is 1. The van der Waals surface area contributed by atoms with Crippen LogP contribution in [-0.4, -0.2) is 92.2 Å². The summed E-state index contributed by atoms with van der Waals surface area (Å²) in [4.78, 5) is 27.5. The molecule has 138 valence electrons. The smallest absolute Gasteiger partial charge is 0.237 e. The Kier molecular flexibility index (Phi) is 5.39. The maximum atomic E-state index is 12.5. The van der Waals surface area contributed by atoms with E-state index in [0.717, 1.165) is 31.9 Å². The minimum absolute atomic E-state index is 0.0285. The SMILES string of the molecule is COc1cc(N2C[C@@H]3C[C@H](C(=O)NCCN(C)C)N(C)[C@@H]3C2)ncn1. The Bertz CT molecular complexity index is 611. The van der Waals surface area contributed by atoms with Gasteiger partial charge in [-0.25, -0.2) is 9.97 Å². The number of fused-ring (bicyclic) bond motifs is 1. The van der Waals surface area contributed by atoms with Gasteiger partial charge in [0.1, 0.15) is 12.1 Å². The van der Waals surface area contributed by atoms with Crippen molar-refractivity contribution < 1.29 is 9.53 Å². The van der Waals surface area contributed by atoms with E-state index in [4.69, 9.17) is 4.74 Å². The van der Waals surface area contributed by atoms with E-state index in [1.165, 1.54) is 6.33 Å². The molecule has 2 fully saturated rings. The van der Waals surface area contributed by atoms with E-state index in [1.54, 1.807) is 7.11 Å². The number of nitrogens with zero attached hydrogens (tertiary/aromatic N) is 5. The van der Waals surface area contributed by atoms with Crippen LogP contribution in [0.2, 0.25) is 0 Å². The van der Waals surface area contributed by atoms with E-state index in [2.05, 4.69) is 37.0 Å². The molecule has 3 heterocycles. The highest BCUT2D eigenvalue weighted by Gasteiger charge is 2.47. The Morgan fingerprint density at radius 1 is 1.40 bits per heavy atom. The summed E-state index contributed by atoms with van der Waals surface area (Å²) in [6.45, 7) is 3.34. The molecule has 1 aromatic heterocycles. The number of hydrogen-bond donors (Lipinski definition) is 1. The first-order valence-corrected chi connectivity index (χ1v) is 8.75. The molecule has 1 N–H and O–H groups in total. The van der Waals surface area contributed by atoms with Gasteiger partial charge in [0.25, 0.3) is 0 Å². The van der Waals surface area contributed by atoms with Gasteiger partial charge in [-0.15, -0.1) is 0 Å². The molecule has 0 spiro atoms. The van der Waals surface area contributed by atoms with Gasteiger partial charge in [0, 0.05) is 38.3 Å². The number of anilines is 1. The molecule has 8 heteroatoms. The van der Waals surface area contributed by atoms with E-state index >= 15 is 0 Å². The Balaban J connectivity index is 1.58. The van der Waals surface area contributed by atoms with Crippen LogP contribution in [0.4, 0.5) is 5.82 Å². The second kappa shape index (κ2) is 7.53. The Morgan fingerprint density at radius 2 is 2.20 bits per heavy atom. The van der Waals surface area contributed by atoms with Crippen molar-refractivity contribution in [2.75, 3.05) is 59.3 Å². The first-order chi connectivity index (χ1) is 12.0. The third-order valence-corrected chi connectivity index (χ3v) is 5.27. The highest BCUT2D eigenvalue weighted by molar-refractivity contribution is 5.82. The predicted octanol–water partition coefficient (Wildman–Crippen LogP) is -0.328. The summed E-state index contributed by atoms with van der Waals surface area (Å²) < 4.78 is 5.19. The molecule has 0 aromatic carbocycles. The van der Waals surface area contributed by atoms with E-state index in [0.29, 0.717) is 24.4 Å². The van der Waals surface area contributed by atoms with Crippen molar-refractivity contribution >= 4 is 11.7 Å². The zero-order valence-corrected chi connectivity index (χ0v) is 15.5. The van der Waals surface area contributed by atoms with Gasteiger partial charge in [-0.3, -0.25) is 9.69 Å². The molecule has 2 aliphatic rings. The van der Waals surface area contributed by atoms with Crippen molar-refractivity contribution in [1.29, 1.82) is 0 Å². The van der Waals surface area contributed by atoms with Gasteiger partial charge >= 0.3 is 0 Å². The molecule has 0 aliphatic carbocycles. The molecule has 3 rings (SSSR count). The van der Waals surface area contributed by atoms with E-state index in [9.17, 15) is 4.79 Å². The lowest BCUT2D eigenvalue weighted by Crippen LogP contribution is -2.46. The van der Waals surface area contributed by atoms with Gasteiger partial charge < -0.3 is 19.9 Å². The molecular formula is C17H28N6O2. The maximum Gasteiger partial charge on any atom is 0.237 e. The fraction of sp³-hybridized carbons (Fsp3) is 0.706. The Hall–Kier alpha value is -1.93. The highest BCUT2D eigenvalue weighted by atomic mass is 16.5. The molecule has 2 saturated heterocycles. The van der Waals surface area contributed by atoms with Gasteiger partial charge in [-0.05, 0) is 33.5 Å². The predicted molar refractivity (Wildman–Crippen MR) is 95.8 cm³/mol. The Labute approximate surface area is 149 Å². The number of ether oxygens (including phenoxy) is 1. The number of amides is 1. The average Bonchev–Trinajstić information content (AvgIpc) is 3.14. The number of aromatic nitrogens is 2. The number of rotatable bonds is 6. The van der Waals surface area contributed by atoms with Gasteiger partial charge in [0.2, 0.25) is 11.8 Å². The van der Waals surface area contributed by atoms with Gasteiger partial charge in [0.05, 0.1) is 13.2 Å². The van der Waals surface area contributed by atoms with Gasteiger partial charge in [-0.1, -0.05) is 0 Å². The van der Waals surface area contributed by atoms with Crippen molar-refractivity contribution in [3.63, 3.8) is 0 Å². The zero-order valence-electron chi connectivity index (χ0n) is 15.5. The molecule has 2 aliphatic heterocycles. The molecule has 25 heavy (non-hydrogen) atoms. The normalized spacial score (nSPS) is 26.1. The van der Waals surface area contributed by atoms with Crippen molar-refractivity contribution in [2.24, 2.45) is 5.92 Å². The van der Waals surface area contributed by atoms with Crippen molar-refractivity contribution in [2.45, 2.75) is 18.5 Å². The summed E-state index contributed by atoms with van der Waals surface area (Å²) in [7, 11) is 7.69. The van der Waals surface area contributed by atoms with Crippen LogP contribution in [0.1, 0.15) is 6.42 Å². The van der Waals surface area contributed by atoms with Crippen LogP contribution >= 0.6 is 0 Å². The molecule has 0 unspecified atom stereocenters. The molecule has 0 saturated carbocycles. The third-order valence-electron chi connectivity index (χ3n) is 5.27. The monoisotopic (exact) mass is 348 g/mol. The minimum atomic E-state index is -0.0285. The van der Waals surface area contributed by atoms with Crippen LogP contribution in [0, 0.1) is 5.92 Å². The van der Waals surface area contributed by atoms with Crippen LogP contribution in [-0.2, 0) is 4.79 Å². The van der Waals surface area contributed by atoms with Crippen LogP contribution in [0.25, 0.3) is 0 Å². The molecule has 0 radical (unpaired) electrons. The number of nitrogens with one attached hydrogen (secondary N) is 1. The minimum Gasteiger partial charge on any atom is -0.481 e. The molecule has 8 nitrogen and oxygen atoms in total. The molecule has 1 amide bonds. The summed E-state index contributed by atoms with van der Waals surface area (Å²) in [5.41, 5.74) is 0. The molecular weight excluding hydrogens is 320 g/mol. The Morgan fingerprint density at radius 3 is 2.88 bits per heavy atom. The number of likely N-dealkylation sites (tertiary alicyclic amines) is 1. The summed E-state index contributed by atoms with van der Waals surface area (Å²) in [5, 5.41) is 3.06. The summed E-state index contributed by atoms with van der Waals surface area (Å²) in [6.07, 6.45) is 2.43. The second-order valence-corrected chi connectivity index (χ2v) is 7.16. The van der Waals surface area contributed by atoms with E-state index < -0.39 is 0 Å². The van der Waals surface area contributed by atoms with Crippen molar-refractivity contribution in [1.82, 2.24) is 25.1 Å². The van der Waals surface area contributed by atoms with Crippen LogP contribution in [0.15, 0.2) is 12.4 Å². The largest absolute Gasteiger partial charge is 0.481 e. The highest BCUT2D eigenvalue weighted by Crippen LogP contribution is 2.36. The van der Waals surface area contributed by atoms with Crippen LogP contribution < -0.4 is 15.0 Å². The fourth-order valence-electron chi connectivity index (χ4n) is 3.85. The quantitative estimate of drug-likeness (QED) is 0.755. The topological polar surface area (TPSA) is 73.8 Å². The van der Waals surface area contributed by atoms with Crippen LogP contribution in [0.5, 0.6) is 5.88 Å². The second-order valence-electron chi connectivity index (χ2n) is 7.16. The van der Waals surface area contributed by atoms with E-state index in [-0.39, 0.29) is 11.9 Å². The molecule has 0 bridgehead atoms. The number of hydrogen-bond acceptors (Lipinski definition) is 7. The van der Waals surface area contributed by atoms with Crippen molar-refractivity contribution in [3.05, 3.63) is 12.4 Å². The number of carbonyl (C=O) groups is 1. The summed E-state index contributed by atoms with van der Waals surface area (Å²) >= 11 is 0. The standard InChI is InChI=1S/C17H28N6O2/c1-21(2)6-5-18-17(24)13-7-12-9-23(10-14(12)22(13)3)15-8-16(25-4)20-11-19-15/h8,11-14H,5-7,9-10H2,1-4H3,(H,18,24)/t12-,13+,14+/m0/s1. The lowest BCUT2D eigenvalue weighted by Gasteiger charge is -2.26. The summed E-state index contributed by atoms with van der Waals surface area (Å²) in [5.74, 6) is 2.10. The summed E-state index contributed by atoms with van der Waals surface area (Å²) in [6, 6.07) is 2.22. The number of carbonyl (C=O) groups excluding carboxylic acids is 1.